The molecule has 0 bridgehead atoms. The molecule has 1 aromatic rings. The van der Waals surface area contributed by atoms with Crippen molar-refractivity contribution < 1.29 is 4.39 Å². The van der Waals surface area contributed by atoms with Crippen molar-refractivity contribution in [1.29, 1.82) is 0 Å². The summed E-state index contributed by atoms with van der Waals surface area (Å²) >= 11 is 3.24. The van der Waals surface area contributed by atoms with E-state index in [0.717, 1.165) is 19.4 Å². The largest absolute Gasteiger partial charge is 0.315 e. The van der Waals surface area contributed by atoms with Crippen LogP contribution in [-0.4, -0.2) is 12.6 Å². The summed E-state index contributed by atoms with van der Waals surface area (Å²) in [6, 6.07) is 5.80. The molecular weight excluding hydrogens is 293 g/mol. The van der Waals surface area contributed by atoms with Crippen LogP contribution < -0.4 is 5.32 Å². The van der Waals surface area contributed by atoms with Crippen LogP contribution in [0.1, 0.15) is 39.7 Å². The monoisotopic (exact) mass is 315 g/mol. The van der Waals surface area contributed by atoms with E-state index in [1.54, 1.807) is 0 Å². The van der Waals surface area contributed by atoms with Crippen LogP contribution in [0.15, 0.2) is 22.7 Å². The zero-order valence-corrected chi connectivity index (χ0v) is 13.3. The molecule has 0 aliphatic rings. The smallest absolute Gasteiger partial charge is 0.137 e. The normalized spacial score (nSPS) is 13.7. The number of nitrogens with one attached hydrogen (secondary N) is 1. The van der Waals surface area contributed by atoms with E-state index in [0.29, 0.717) is 10.5 Å². The first-order chi connectivity index (χ1) is 8.34. The average Bonchev–Trinajstić information content (AvgIpc) is 2.22. The molecule has 0 aromatic heterocycles. The third kappa shape index (κ3) is 5.07. The summed E-state index contributed by atoms with van der Waals surface area (Å²) in [5.41, 5.74) is 1.38. The van der Waals surface area contributed by atoms with Crippen molar-refractivity contribution in [2.24, 2.45) is 5.41 Å². The molecule has 0 aliphatic carbocycles. The van der Waals surface area contributed by atoms with Crippen LogP contribution in [-0.2, 0) is 6.42 Å². The second-order valence-electron chi connectivity index (χ2n) is 5.75. The molecule has 0 heterocycles. The van der Waals surface area contributed by atoms with Crippen LogP contribution in [0.3, 0.4) is 0 Å². The Kier molecular flexibility index (Phi) is 5.80. The second-order valence-corrected chi connectivity index (χ2v) is 6.61. The van der Waals surface area contributed by atoms with Gasteiger partial charge in [-0.15, -0.1) is 0 Å². The van der Waals surface area contributed by atoms with E-state index in [9.17, 15) is 4.39 Å². The minimum absolute atomic E-state index is 0.197. The zero-order valence-electron chi connectivity index (χ0n) is 11.7. The molecule has 0 radical (unpaired) electrons. The maximum atomic E-state index is 13.2. The first-order valence-corrected chi connectivity index (χ1v) is 7.30. The lowest BCUT2D eigenvalue weighted by Gasteiger charge is -2.28. The summed E-state index contributed by atoms with van der Waals surface area (Å²) < 4.78 is 13.7. The predicted molar refractivity (Wildman–Crippen MR) is 79.3 cm³/mol. The molecule has 0 saturated heterocycles. The third-order valence-corrected chi connectivity index (χ3v) is 3.69. The molecule has 0 fully saturated rings. The van der Waals surface area contributed by atoms with Crippen LogP contribution in [0, 0.1) is 11.2 Å². The van der Waals surface area contributed by atoms with Crippen molar-refractivity contribution in [3.05, 3.63) is 34.1 Å². The molecule has 1 N–H and O–H groups in total. The van der Waals surface area contributed by atoms with Crippen molar-refractivity contribution in [3.8, 4) is 0 Å². The predicted octanol–water partition coefficient (Wildman–Crippen LogP) is 4.55. The Balaban J connectivity index is 2.66. The van der Waals surface area contributed by atoms with Gasteiger partial charge < -0.3 is 5.32 Å². The number of hydrogen-bond donors (Lipinski definition) is 1. The Bertz CT molecular complexity index is 390. The summed E-state index contributed by atoms with van der Waals surface area (Å²) in [4.78, 5) is 0. The quantitative estimate of drug-likeness (QED) is 0.812. The lowest BCUT2D eigenvalue weighted by Crippen LogP contribution is -2.32. The first kappa shape index (κ1) is 15.6. The van der Waals surface area contributed by atoms with Gasteiger partial charge in [-0.3, -0.25) is 0 Å². The van der Waals surface area contributed by atoms with Gasteiger partial charge in [0.05, 0.1) is 4.47 Å². The van der Waals surface area contributed by atoms with Gasteiger partial charge in [0.25, 0.3) is 0 Å². The Morgan fingerprint density at radius 3 is 2.61 bits per heavy atom. The summed E-state index contributed by atoms with van der Waals surface area (Å²) in [6.07, 6.45) is 2.07. The van der Waals surface area contributed by atoms with E-state index in [1.165, 1.54) is 11.6 Å². The maximum Gasteiger partial charge on any atom is 0.137 e. The molecule has 1 nitrogen and oxygen atoms in total. The molecule has 0 saturated carbocycles. The molecule has 1 aromatic carbocycles. The van der Waals surface area contributed by atoms with E-state index in [-0.39, 0.29) is 11.2 Å². The highest BCUT2D eigenvalue weighted by Gasteiger charge is 2.21. The molecule has 1 rings (SSSR count). The third-order valence-electron chi connectivity index (χ3n) is 3.08. The molecule has 0 amide bonds. The molecule has 1 unspecified atom stereocenters. The van der Waals surface area contributed by atoms with Crippen molar-refractivity contribution in [3.63, 3.8) is 0 Å². The molecule has 102 valence electrons. The molecular formula is C15H23BrFN. The second kappa shape index (κ2) is 6.67. The summed E-state index contributed by atoms with van der Waals surface area (Å²) in [5, 5.41) is 3.44. The molecule has 0 spiro atoms. The van der Waals surface area contributed by atoms with Gasteiger partial charge in [-0.2, -0.15) is 0 Å². The van der Waals surface area contributed by atoms with E-state index < -0.39 is 0 Å². The van der Waals surface area contributed by atoms with Crippen molar-refractivity contribution in [2.45, 2.75) is 46.6 Å². The maximum absolute atomic E-state index is 13.2. The van der Waals surface area contributed by atoms with Crippen molar-refractivity contribution >= 4 is 15.9 Å². The molecule has 3 heteroatoms. The minimum atomic E-state index is -0.197. The highest BCUT2D eigenvalue weighted by molar-refractivity contribution is 9.10. The fraction of sp³-hybridized carbons (Fsp3) is 0.600. The number of rotatable bonds is 6. The molecule has 0 aliphatic heterocycles. The SMILES string of the molecule is CCNC(C)CC(C)(C)Cc1ccc(F)c(Br)c1. The van der Waals surface area contributed by atoms with Crippen LogP contribution in [0.5, 0.6) is 0 Å². The van der Waals surface area contributed by atoms with Gasteiger partial charge >= 0.3 is 0 Å². The van der Waals surface area contributed by atoms with E-state index >= 15 is 0 Å². The topological polar surface area (TPSA) is 12.0 Å². The van der Waals surface area contributed by atoms with E-state index in [2.05, 4.69) is 48.9 Å². The van der Waals surface area contributed by atoms with Gasteiger partial charge in [-0.25, -0.2) is 4.39 Å². The van der Waals surface area contributed by atoms with Crippen LogP contribution >= 0.6 is 15.9 Å². The Hall–Kier alpha value is -0.410. The van der Waals surface area contributed by atoms with Crippen LogP contribution in [0.25, 0.3) is 0 Å². The first-order valence-electron chi connectivity index (χ1n) is 6.51. The average molecular weight is 316 g/mol. The highest BCUT2D eigenvalue weighted by atomic mass is 79.9. The van der Waals surface area contributed by atoms with E-state index in [1.807, 2.05) is 12.1 Å². The lowest BCUT2D eigenvalue weighted by atomic mass is 9.80. The fourth-order valence-corrected chi connectivity index (χ4v) is 2.95. The van der Waals surface area contributed by atoms with Gasteiger partial charge in [-0.1, -0.05) is 26.8 Å². The molecule has 18 heavy (non-hydrogen) atoms. The Labute approximate surface area is 118 Å². The summed E-state index contributed by atoms with van der Waals surface area (Å²) in [7, 11) is 0. The van der Waals surface area contributed by atoms with Crippen LogP contribution in [0.4, 0.5) is 4.39 Å². The van der Waals surface area contributed by atoms with Gasteiger partial charge in [0, 0.05) is 6.04 Å². The van der Waals surface area contributed by atoms with Gasteiger partial charge in [-0.05, 0) is 65.4 Å². The lowest BCUT2D eigenvalue weighted by molar-refractivity contribution is 0.288. The zero-order chi connectivity index (χ0) is 13.8. The van der Waals surface area contributed by atoms with Crippen LogP contribution in [0.2, 0.25) is 0 Å². The summed E-state index contributed by atoms with van der Waals surface area (Å²) in [5.74, 6) is -0.197. The Morgan fingerprint density at radius 2 is 2.06 bits per heavy atom. The number of benzene rings is 1. The van der Waals surface area contributed by atoms with Gasteiger partial charge in [0.1, 0.15) is 5.82 Å². The van der Waals surface area contributed by atoms with Crippen molar-refractivity contribution in [1.82, 2.24) is 5.32 Å². The van der Waals surface area contributed by atoms with Crippen molar-refractivity contribution in [2.75, 3.05) is 6.54 Å². The highest BCUT2D eigenvalue weighted by Crippen LogP contribution is 2.29. The van der Waals surface area contributed by atoms with Gasteiger partial charge in [0.2, 0.25) is 0 Å². The van der Waals surface area contributed by atoms with E-state index in [4.69, 9.17) is 0 Å². The minimum Gasteiger partial charge on any atom is -0.315 e. The standard InChI is InChI=1S/C15H23BrFN/c1-5-18-11(2)9-15(3,4)10-12-6-7-14(17)13(16)8-12/h6-8,11,18H,5,9-10H2,1-4H3. The number of halogens is 2. The Morgan fingerprint density at radius 1 is 1.39 bits per heavy atom. The number of hydrogen-bond acceptors (Lipinski definition) is 1. The fourth-order valence-electron chi connectivity index (χ4n) is 2.52. The summed E-state index contributed by atoms with van der Waals surface area (Å²) in [6.45, 7) is 9.86. The van der Waals surface area contributed by atoms with Gasteiger partial charge in [0.15, 0.2) is 0 Å². The molecule has 1 atom stereocenters.